The van der Waals surface area contributed by atoms with Gasteiger partial charge in [-0.05, 0) is 24.3 Å². The molecule has 7 heteroatoms. The number of benzene rings is 2. The molecule has 0 fully saturated rings. The van der Waals surface area contributed by atoms with E-state index < -0.39 is 9.84 Å². The third-order valence-electron chi connectivity index (χ3n) is 3.04. The van der Waals surface area contributed by atoms with Gasteiger partial charge in [-0.1, -0.05) is 41.7 Å². The van der Waals surface area contributed by atoms with Gasteiger partial charge in [-0.2, -0.15) is 0 Å². The van der Waals surface area contributed by atoms with Gasteiger partial charge < -0.3 is 5.73 Å². The lowest BCUT2D eigenvalue weighted by atomic mass is 10.2. The van der Waals surface area contributed by atoms with E-state index in [0.29, 0.717) is 15.7 Å². The molecule has 112 valence electrons. The molecule has 0 saturated heterocycles. The largest absolute Gasteiger partial charge is 0.399 e. The highest BCUT2D eigenvalue weighted by molar-refractivity contribution is 7.90. The molecule has 0 atom stereocenters. The van der Waals surface area contributed by atoms with Crippen molar-refractivity contribution in [3.05, 3.63) is 59.6 Å². The van der Waals surface area contributed by atoms with Crippen LogP contribution in [0.3, 0.4) is 0 Å². The summed E-state index contributed by atoms with van der Waals surface area (Å²) in [7, 11) is -3.45. The minimum absolute atomic E-state index is 0.165. The zero-order valence-corrected chi connectivity index (χ0v) is 13.1. The van der Waals surface area contributed by atoms with Crippen LogP contribution in [0.1, 0.15) is 5.01 Å². The van der Waals surface area contributed by atoms with E-state index in [-0.39, 0.29) is 10.6 Å². The van der Waals surface area contributed by atoms with E-state index in [4.69, 9.17) is 5.73 Å². The maximum atomic E-state index is 12.4. The number of hydrogen-bond acceptors (Lipinski definition) is 6. The van der Waals surface area contributed by atoms with Gasteiger partial charge in [-0.3, -0.25) is 0 Å². The molecular weight excluding hydrogens is 318 g/mol. The second-order valence-corrected chi connectivity index (χ2v) is 7.75. The monoisotopic (exact) mass is 331 g/mol. The molecule has 3 aromatic rings. The highest BCUT2D eigenvalue weighted by Gasteiger charge is 2.18. The summed E-state index contributed by atoms with van der Waals surface area (Å²) in [5.74, 6) is -0.165. The van der Waals surface area contributed by atoms with Gasteiger partial charge in [0, 0.05) is 11.3 Å². The van der Waals surface area contributed by atoms with E-state index in [0.717, 1.165) is 5.56 Å². The minimum Gasteiger partial charge on any atom is -0.399 e. The fourth-order valence-corrected chi connectivity index (χ4v) is 4.37. The molecule has 2 N–H and O–H groups in total. The zero-order chi connectivity index (χ0) is 15.6. The van der Waals surface area contributed by atoms with Crippen molar-refractivity contribution in [1.29, 1.82) is 0 Å². The number of nitrogens with zero attached hydrogens (tertiary/aromatic N) is 2. The number of rotatable bonds is 4. The summed E-state index contributed by atoms with van der Waals surface area (Å²) in [5.41, 5.74) is 7.03. The van der Waals surface area contributed by atoms with E-state index in [1.165, 1.54) is 23.5 Å². The van der Waals surface area contributed by atoms with Crippen LogP contribution >= 0.6 is 11.3 Å². The Bertz CT molecular complexity index is 873. The Morgan fingerprint density at radius 1 is 0.955 bits per heavy atom. The summed E-state index contributed by atoms with van der Waals surface area (Å²) in [6, 6.07) is 15.7. The lowest BCUT2D eigenvalue weighted by molar-refractivity contribution is 0.595. The highest BCUT2D eigenvalue weighted by Crippen LogP contribution is 2.25. The van der Waals surface area contributed by atoms with Gasteiger partial charge in [0.25, 0.3) is 0 Å². The molecule has 0 spiro atoms. The van der Waals surface area contributed by atoms with Crippen molar-refractivity contribution in [2.45, 2.75) is 10.6 Å². The van der Waals surface area contributed by atoms with E-state index in [2.05, 4.69) is 10.2 Å². The average molecular weight is 331 g/mol. The Kier molecular flexibility index (Phi) is 3.91. The van der Waals surface area contributed by atoms with Crippen molar-refractivity contribution in [1.82, 2.24) is 10.2 Å². The van der Waals surface area contributed by atoms with Crippen LogP contribution in [0, 0.1) is 0 Å². The van der Waals surface area contributed by atoms with Gasteiger partial charge in [-0.15, -0.1) is 10.2 Å². The molecule has 0 saturated carbocycles. The Morgan fingerprint density at radius 3 is 2.32 bits per heavy atom. The van der Waals surface area contributed by atoms with Crippen LogP contribution in [0.15, 0.2) is 59.5 Å². The first kappa shape index (κ1) is 14.7. The van der Waals surface area contributed by atoms with Crippen molar-refractivity contribution in [2.24, 2.45) is 0 Å². The molecule has 2 aromatic carbocycles. The van der Waals surface area contributed by atoms with E-state index >= 15 is 0 Å². The van der Waals surface area contributed by atoms with Crippen molar-refractivity contribution in [3.63, 3.8) is 0 Å². The van der Waals surface area contributed by atoms with Crippen LogP contribution < -0.4 is 5.73 Å². The number of anilines is 1. The molecule has 0 aliphatic carbocycles. The number of sulfone groups is 1. The Hall–Kier alpha value is -2.25. The first-order chi connectivity index (χ1) is 10.5. The SMILES string of the molecule is Nc1ccc(S(=O)(=O)Cc2nnc(-c3ccccc3)s2)cc1. The van der Waals surface area contributed by atoms with Gasteiger partial charge in [0.1, 0.15) is 15.8 Å². The Labute approximate surface area is 132 Å². The van der Waals surface area contributed by atoms with Crippen molar-refractivity contribution < 1.29 is 8.42 Å². The average Bonchev–Trinajstić information content (AvgIpc) is 2.96. The summed E-state index contributed by atoms with van der Waals surface area (Å²) < 4.78 is 24.7. The molecule has 0 radical (unpaired) electrons. The van der Waals surface area contributed by atoms with Crippen LogP contribution in [0.25, 0.3) is 10.6 Å². The fourth-order valence-electron chi connectivity index (χ4n) is 1.93. The molecule has 0 bridgehead atoms. The maximum absolute atomic E-state index is 12.4. The molecule has 22 heavy (non-hydrogen) atoms. The van der Waals surface area contributed by atoms with Crippen LogP contribution in [0.2, 0.25) is 0 Å². The second kappa shape index (κ2) is 5.86. The lowest BCUT2D eigenvalue weighted by Gasteiger charge is -2.02. The number of nitrogen functional groups attached to an aromatic ring is 1. The lowest BCUT2D eigenvalue weighted by Crippen LogP contribution is -2.04. The highest BCUT2D eigenvalue weighted by atomic mass is 32.2. The molecule has 0 aliphatic heterocycles. The van der Waals surface area contributed by atoms with E-state index in [1.54, 1.807) is 12.1 Å². The zero-order valence-electron chi connectivity index (χ0n) is 11.5. The molecule has 1 aromatic heterocycles. The summed E-state index contributed by atoms with van der Waals surface area (Å²) in [6.07, 6.45) is 0. The minimum atomic E-state index is -3.45. The smallest absolute Gasteiger partial charge is 0.184 e. The fraction of sp³-hybridized carbons (Fsp3) is 0.0667. The molecule has 1 heterocycles. The number of aromatic nitrogens is 2. The van der Waals surface area contributed by atoms with Crippen LogP contribution in [-0.2, 0) is 15.6 Å². The molecular formula is C15H13N3O2S2. The summed E-state index contributed by atoms with van der Waals surface area (Å²) >= 11 is 1.28. The van der Waals surface area contributed by atoms with Crippen molar-refractivity contribution in [3.8, 4) is 10.6 Å². The van der Waals surface area contributed by atoms with Gasteiger partial charge >= 0.3 is 0 Å². The summed E-state index contributed by atoms with van der Waals surface area (Å²) in [5, 5.41) is 9.23. The van der Waals surface area contributed by atoms with Crippen LogP contribution in [0.4, 0.5) is 5.69 Å². The molecule has 3 rings (SSSR count). The predicted molar refractivity (Wildman–Crippen MR) is 87.1 cm³/mol. The first-order valence-corrected chi connectivity index (χ1v) is 8.97. The predicted octanol–water partition coefficient (Wildman–Crippen LogP) is 2.76. The van der Waals surface area contributed by atoms with Crippen molar-refractivity contribution in [2.75, 3.05) is 5.73 Å². The molecule has 0 unspecified atom stereocenters. The van der Waals surface area contributed by atoms with Crippen molar-refractivity contribution >= 4 is 26.9 Å². The topological polar surface area (TPSA) is 85.9 Å². The van der Waals surface area contributed by atoms with Crippen LogP contribution in [-0.4, -0.2) is 18.6 Å². The summed E-state index contributed by atoms with van der Waals surface area (Å²) in [6.45, 7) is 0. The van der Waals surface area contributed by atoms with E-state index in [1.807, 2.05) is 30.3 Å². The normalized spacial score (nSPS) is 11.5. The quantitative estimate of drug-likeness (QED) is 0.743. The molecule has 0 aliphatic rings. The number of hydrogen-bond donors (Lipinski definition) is 1. The Balaban J connectivity index is 1.84. The van der Waals surface area contributed by atoms with Gasteiger partial charge in [0.2, 0.25) is 0 Å². The van der Waals surface area contributed by atoms with Crippen LogP contribution in [0.5, 0.6) is 0 Å². The first-order valence-electron chi connectivity index (χ1n) is 6.51. The third-order valence-corrected chi connectivity index (χ3v) is 5.84. The van der Waals surface area contributed by atoms with Gasteiger partial charge in [0.15, 0.2) is 9.84 Å². The van der Waals surface area contributed by atoms with E-state index in [9.17, 15) is 8.42 Å². The third kappa shape index (κ3) is 3.15. The van der Waals surface area contributed by atoms with Gasteiger partial charge in [-0.25, -0.2) is 8.42 Å². The second-order valence-electron chi connectivity index (χ2n) is 4.70. The maximum Gasteiger partial charge on any atom is 0.184 e. The molecule has 0 amide bonds. The number of nitrogens with two attached hydrogens (primary N) is 1. The summed E-state index contributed by atoms with van der Waals surface area (Å²) in [4.78, 5) is 0.234. The molecule has 5 nitrogen and oxygen atoms in total. The standard InChI is InChI=1S/C15H13N3O2S2/c16-12-6-8-13(9-7-12)22(19,20)10-14-17-18-15(21-14)11-4-2-1-3-5-11/h1-9H,10,16H2. The Morgan fingerprint density at radius 2 is 1.64 bits per heavy atom. The van der Waals surface area contributed by atoms with Gasteiger partial charge in [0.05, 0.1) is 4.90 Å².